The zero-order valence-electron chi connectivity index (χ0n) is 11.4. The Hall–Kier alpha value is -0.730. The van der Waals surface area contributed by atoms with Crippen molar-refractivity contribution in [1.29, 1.82) is 0 Å². The van der Waals surface area contributed by atoms with E-state index in [1.807, 2.05) is 18.2 Å². The highest BCUT2D eigenvalue weighted by Gasteiger charge is 2.52. The fourth-order valence-electron chi connectivity index (χ4n) is 3.98. The summed E-state index contributed by atoms with van der Waals surface area (Å²) in [5.74, 6) is 3.43. The van der Waals surface area contributed by atoms with Gasteiger partial charge in [-0.1, -0.05) is 24.4 Å². The van der Waals surface area contributed by atoms with Gasteiger partial charge in [-0.15, -0.1) is 0 Å². The van der Waals surface area contributed by atoms with Gasteiger partial charge in [-0.3, -0.25) is 0 Å². The molecule has 3 unspecified atom stereocenters. The van der Waals surface area contributed by atoms with Crippen molar-refractivity contribution in [3.05, 3.63) is 28.8 Å². The van der Waals surface area contributed by atoms with Gasteiger partial charge >= 0.3 is 0 Å². The van der Waals surface area contributed by atoms with Gasteiger partial charge in [-0.05, 0) is 60.8 Å². The predicted molar refractivity (Wildman–Crippen MR) is 78.6 cm³/mol. The average Bonchev–Trinajstić information content (AvgIpc) is 3.13. The Labute approximate surface area is 120 Å². The maximum atomic E-state index is 6.45. The minimum Gasteiger partial charge on any atom is -0.496 e. The maximum Gasteiger partial charge on any atom is 0.122 e. The van der Waals surface area contributed by atoms with Crippen molar-refractivity contribution < 1.29 is 4.74 Å². The molecule has 2 N–H and O–H groups in total. The fourth-order valence-corrected chi connectivity index (χ4v) is 4.17. The highest BCUT2D eigenvalue weighted by molar-refractivity contribution is 6.30. The van der Waals surface area contributed by atoms with Crippen LogP contribution < -0.4 is 10.5 Å². The van der Waals surface area contributed by atoms with Crippen LogP contribution in [0.15, 0.2) is 18.2 Å². The first-order valence-corrected chi connectivity index (χ1v) is 7.66. The number of hydrogen-bond donors (Lipinski definition) is 1. The third-order valence-electron chi connectivity index (χ3n) is 4.92. The second-order valence-electron chi connectivity index (χ2n) is 6.01. The van der Waals surface area contributed by atoms with E-state index in [1.165, 1.54) is 25.7 Å². The molecule has 2 saturated carbocycles. The monoisotopic (exact) mass is 279 g/mol. The molecule has 3 rings (SSSR count). The van der Waals surface area contributed by atoms with E-state index in [9.17, 15) is 0 Å². The minimum atomic E-state index is 0.250. The van der Waals surface area contributed by atoms with E-state index in [0.717, 1.165) is 40.5 Å². The molecule has 1 aromatic carbocycles. The zero-order chi connectivity index (χ0) is 13.4. The van der Waals surface area contributed by atoms with Gasteiger partial charge in [0.25, 0.3) is 0 Å². The van der Waals surface area contributed by atoms with Crippen molar-refractivity contribution in [3.8, 4) is 5.75 Å². The van der Waals surface area contributed by atoms with Crippen molar-refractivity contribution >= 4 is 11.6 Å². The molecule has 2 aliphatic carbocycles. The van der Waals surface area contributed by atoms with E-state index in [2.05, 4.69) is 0 Å². The Balaban J connectivity index is 1.69. The van der Waals surface area contributed by atoms with Gasteiger partial charge in [0.1, 0.15) is 5.75 Å². The van der Waals surface area contributed by atoms with Crippen LogP contribution in [0.25, 0.3) is 0 Å². The second-order valence-corrected chi connectivity index (χ2v) is 6.45. The summed E-state index contributed by atoms with van der Waals surface area (Å²) < 4.78 is 5.41. The van der Waals surface area contributed by atoms with Crippen LogP contribution in [-0.2, 0) is 6.42 Å². The Morgan fingerprint density at radius 1 is 1.32 bits per heavy atom. The number of ether oxygens (including phenoxy) is 1. The van der Waals surface area contributed by atoms with Crippen LogP contribution in [0.2, 0.25) is 5.02 Å². The van der Waals surface area contributed by atoms with E-state index in [-0.39, 0.29) is 6.04 Å². The lowest BCUT2D eigenvalue weighted by Crippen LogP contribution is -2.27. The van der Waals surface area contributed by atoms with Crippen molar-refractivity contribution in [2.24, 2.45) is 23.5 Å². The fraction of sp³-hybridized carbons (Fsp3) is 0.625. The first-order chi connectivity index (χ1) is 9.20. The molecule has 0 aromatic heterocycles. The van der Waals surface area contributed by atoms with Crippen LogP contribution in [-0.4, -0.2) is 13.2 Å². The standard InChI is InChI=1S/C16H22ClNO/c1-19-15-7-6-11(17)8-10(15)9-14(18)16-12-4-2-3-5-13(12)16/h6-8,12-14,16H,2-5,9,18H2,1H3. The molecule has 0 spiro atoms. The predicted octanol–water partition coefficient (Wildman–Crippen LogP) is 3.65. The van der Waals surface area contributed by atoms with Crippen LogP contribution in [0.1, 0.15) is 31.2 Å². The number of hydrogen-bond acceptors (Lipinski definition) is 2. The molecule has 0 heterocycles. The highest BCUT2D eigenvalue weighted by Crippen LogP contribution is 2.57. The maximum absolute atomic E-state index is 6.45. The second kappa shape index (κ2) is 5.34. The Kier molecular flexibility index (Phi) is 3.72. The molecule has 19 heavy (non-hydrogen) atoms. The molecule has 2 fully saturated rings. The number of benzene rings is 1. The largest absolute Gasteiger partial charge is 0.496 e. The Morgan fingerprint density at radius 2 is 2.00 bits per heavy atom. The third kappa shape index (κ3) is 2.61. The van der Waals surface area contributed by atoms with E-state index in [1.54, 1.807) is 7.11 Å². The molecular formula is C16H22ClNO. The lowest BCUT2D eigenvalue weighted by Gasteiger charge is -2.15. The van der Waals surface area contributed by atoms with Gasteiger partial charge < -0.3 is 10.5 Å². The molecule has 1 aromatic rings. The first kappa shape index (κ1) is 13.3. The number of rotatable bonds is 4. The SMILES string of the molecule is COc1ccc(Cl)cc1CC(N)C1C2CCCCC21. The third-order valence-corrected chi connectivity index (χ3v) is 5.15. The van der Waals surface area contributed by atoms with E-state index < -0.39 is 0 Å². The Bertz CT molecular complexity index is 450. The summed E-state index contributed by atoms with van der Waals surface area (Å²) in [6.07, 6.45) is 6.43. The highest BCUT2D eigenvalue weighted by atomic mass is 35.5. The molecular weight excluding hydrogens is 258 g/mol. The number of fused-ring (bicyclic) bond motifs is 1. The molecule has 0 radical (unpaired) electrons. The van der Waals surface area contributed by atoms with Crippen LogP contribution in [0.5, 0.6) is 5.75 Å². The lowest BCUT2D eigenvalue weighted by molar-refractivity contribution is 0.405. The molecule has 0 aliphatic heterocycles. The van der Waals surface area contributed by atoms with Crippen molar-refractivity contribution in [2.75, 3.05) is 7.11 Å². The smallest absolute Gasteiger partial charge is 0.122 e. The average molecular weight is 280 g/mol. The zero-order valence-corrected chi connectivity index (χ0v) is 12.2. The van der Waals surface area contributed by atoms with Crippen LogP contribution in [0, 0.1) is 17.8 Å². The number of halogens is 1. The Morgan fingerprint density at radius 3 is 2.63 bits per heavy atom. The molecule has 104 valence electrons. The van der Waals surface area contributed by atoms with Crippen LogP contribution in [0.3, 0.4) is 0 Å². The lowest BCUT2D eigenvalue weighted by atomic mass is 10.00. The summed E-state index contributed by atoms with van der Waals surface area (Å²) in [5, 5.41) is 0.760. The van der Waals surface area contributed by atoms with Crippen molar-refractivity contribution in [2.45, 2.75) is 38.1 Å². The summed E-state index contributed by atoms with van der Waals surface area (Å²) in [4.78, 5) is 0. The van der Waals surface area contributed by atoms with Gasteiger partial charge in [-0.2, -0.15) is 0 Å². The molecule has 0 amide bonds. The van der Waals surface area contributed by atoms with E-state index >= 15 is 0 Å². The molecule has 2 nitrogen and oxygen atoms in total. The van der Waals surface area contributed by atoms with Crippen LogP contribution in [0.4, 0.5) is 0 Å². The van der Waals surface area contributed by atoms with E-state index in [4.69, 9.17) is 22.1 Å². The summed E-state index contributed by atoms with van der Waals surface area (Å²) in [6.45, 7) is 0. The van der Waals surface area contributed by atoms with Gasteiger partial charge in [0.2, 0.25) is 0 Å². The number of methoxy groups -OCH3 is 1. The van der Waals surface area contributed by atoms with Crippen LogP contribution >= 0.6 is 11.6 Å². The van der Waals surface area contributed by atoms with Gasteiger partial charge in [0.15, 0.2) is 0 Å². The first-order valence-electron chi connectivity index (χ1n) is 7.28. The normalized spacial score (nSPS) is 30.6. The molecule has 0 saturated heterocycles. The summed E-state index contributed by atoms with van der Waals surface area (Å²) in [7, 11) is 1.70. The van der Waals surface area contributed by atoms with E-state index in [0.29, 0.717) is 0 Å². The van der Waals surface area contributed by atoms with Gasteiger partial charge in [-0.25, -0.2) is 0 Å². The quantitative estimate of drug-likeness (QED) is 0.913. The van der Waals surface area contributed by atoms with Crippen molar-refractivity contribution in [1.82, 2.24) is 0 Å². The van der Waals surface area contributed by atoms with Crippen molar-refractivity contribution in [3.63, 3.8) is 0 Å². The molecule has 0 bridgehead atoms. The summed E-state index contributed by atoms with van der Waals surface area (Å²) in [5.41, 5.74) is 7.59. The molecule has 2 aliphatic rings. The summed E-state index contributed by atoms with van der Waals surface area (Å²) in [6, 6.07) is 6.05. The number of nitrogens with two attached hydrogens (primary N) is 1. The molecule has 3 heteroatoms. The minimum absolute atomic E-state index is 0.250. The van der Waals surface area contributed by atoms with Gasteiger partial charge in [0, 0.05) is 11.1 Å². The topological polar surface area (TPSA) is 35.2 Å². The summed E-state index contributed by atoms with van der Waals surface area (Å²) >= 11 is 6.08. The van der Waals surface area contributed by atoms with Gasteiger partial charge in [0.05, 0.1) is 7.11 Å². The molecule has 3 atom stereocenters.